The zero-order valence-electron chi connectivity index (χ0n) is 21.0. The van der Waals surface area contributed by atoms with Crippen LogP contribution in [-0.2, 0) is 6.54 Å². The van der Waals surface area contributed by atoms with E-state index >= 15 is 0 Å². The molecule has 3 rings (SSSR count). The first-order valence-corrected chi connectivity index (χ1v) is 12.6. The maximum atomic E-state index is 12.7. The van der Waals surface area contributed by atoms with Gasteiger partial charge in [-0.25, -0.2) is 0 Å². The van der Waals surface area contributed by atoms with Crippen LogP contribution in [0.3, 0.4) is 0 Å². The first-order chi connectivity index (χ1) is 16.0. The van der Waals surface area contributed by atoms with Gasteiger partial charge in [-0.2, -0.15) is 0 Å². The van der Waals surface area contributed by atoms with Crippen LogP contribution in [0.25, 0.3) is 0 Å². The van der Waals surface area contributed by atoms with E-state index in [2.05, 4.69) is 71.3 Å². The van der Waals surface area contributed by atoms with E-state index in [1.54, 1.807) is 0 Å². The molecular weight excluding hydrogens is 408 g/mol. The first-order valence-electron chi connectivity index (χ1n) is 12.6. The third-order valence-electron chi connectivity index (χ3n) is 6.77. The highest BCUT2D eigenvalue weighted by molar-refractivity contribution is 5.94. The molecule has 33 heavy (non-hydrogen) atoms. The van der Waals surface area contributed by atoms with Crippen LogP contribution in [0.15, 0.2) is 54.6 Å². The maximum absolute atomic E-state index is 12.7. The Bertz CT molecular complexity index is 825. The lowest BCUT2D eigenvalue weighted by molar-refractivity contribution is 0.0773. The van der Waals surface area contributed by atoms with Crippen molar-refractivity contribution >= 4 is 11.6 Å². The molecular formula is C28H42N4O. The van der Waals surface area contributed by atoms with Crippen molar-refractivity contribution < 1.29 is 4.79 Å². The van der Waals surface area contributed by atoms with Crippen molar-refractivity contribution in [1.29, 1.82) is 0 Å². The predicted octanol–water partition coefficient (Wildman–Crippen LogP) is 4.59. The molecule has 2 aromatic rings. The number of nitrogens with zero attached hydrogens (tertiary/aromatic N) is 4. The monoisotopic (exact) mass is 450 g/mol. The topological polar surface area (TPSA) is 30.0 Å². The molecule has 1 aliphatic heterocycles. The van der Waals surface area contributed by atoms with Crippen molar-refractivity contribution in [3.63, 3.8) is 0 Å². The number of hydrogen-bond donors (Lipinski definition) is 0. The van der Waals surface area contributed by atoms with Gasteiger partial charge in [-0.1, -0.05) is 30.3 Å². The molecule has 1 saturated heterocycles. The third kappa shape index (κ3) is 7.31. The van der Waals surface area contributed by atoms with E-state index in [0.717, 1.165) is 44.8 Å². The summed E-state index contributed by atoms with van der Waals surface area (Å²) in [7, 11) is 4.29. The van der Waals surface area contributed by atoms with Crippen molar-refractivity contribution in [1.82, 2.24) is 14.7 Å². The number of carbonyl (C=O) groups is 1. The van der Waals surface area contributed by atoms with Gasteiger partial charge in [0, 0.05) is 50.0 Å². The number of rotatable bonds is 11. The molecule has 1 aliphatic rings. The Morgan fingerprint density at radius 2 is 1.58 bits per heavy atom. The van der Waals surface area contributed by atoms with Crippen LogP contribution >= 0.6 is 0 Å². The number of piperidine rings is 1. The molecule has 1 fully saturated rings. The molecule has 1 heterocycles. The highest BCUT2D eigenvalue weighted by Gasteiger charge is 2.25. The van der Waals surface area contributed by atoms with Crippen molar-refractivity contribution in [3.8, 4) is 0 Å². The third-order valence-corrected chi connectivity index (χ3v) is 6.77. The second-order valence-electron chi connectivity index (χ2n) is 9.37. The van der Waals surface area contributed by atoms with Gasteiger partial charge in [-0.15, -0.1) is 0 Å². The van der Waals surface area contributed by atoms with Gasteiger partial charge >= 0.3 is 0 Å². The summed E-state index contributed by atoms with van der Waals surface area (Å²) in [5.74, 6) is 0.118. The molecule has 180 valence electrons. The van der Waals surface area contributed by atoms with Gasteiger partial charge in [0.15, 0.2) is 0 Å². The molecule has 0 atom stereocenters. The Morgan fingerprint density at radius 3 is 2.15 bits per heavy atom. The van der Waals surface area contributed by atoms with Crippen LogP contribution in [0.2, 0.25) is 0 Å². The highest BCUT2D eigenvalue weighted by Crippen LogP contribution is 2.27. The van der Waals surface area contributed by atoms with Crippen molar-refractivity contribution in [3.05, 3.63) is 65.7 Å². The molecule has 0 N–H and O–H groups in total. The Kier molecular flexibility index (Phi) is 9.76. The summed E-state index contributed by atoms with van der Waals surface area (Å²) in [6, 6.07) is 19.5. The van der Waals surface area contributed by atoms with Crippen LogP contribution in [0, 0.1) is 0 Å². The van der Waals surface area contributed by atoms with Gasteiger partial charge < -0.3 is 19.6 Å². The zero-order valence-corrected chi connectivity index (χ0v) is 21.0. The summed E-state index contributed by atoms with van der Waals surface area (Å²) in [6.07, 6.45) is 3.58. The van der Waals surface area contributed by atoms with Gasteiger partial charge in [-0.3, -0.25) is 4.79 Å². The number of hydrogen-bond acceptors (Lipinski definition) is 4. The number of carbonyl (C=O) groups excluding carboxylic acids is 1. The van der Waals surface area contributed by atoms with Crippen molar-refractivity contribution in [2.75, 3.05) is 58.3 Å². The molecule has 2 aromatic carbocycles. The van der Waals surface area contributed by atoms with E-state index < -0.39 is 0 Å². The molecule has 0 aromatic heterocycles. The lowest BCUT2D eigenvalue weighted by Crippen LogP contribution is -2.45. The Morgan fingerprint density at radius 1 is 0.939 bits per heavy atom. The minimum absolute atomic E-state index is 0.118. The SMILES string of the molecule is CCN(CC)C(=O)c1ccc(N(Cc2ccccc2)C2CCN(CCCN(C)C)CC2)cc1. The van der Waals surface area contributed by atoms with E-state index in [-0.39, 0.29) is 5.91 Å². The fourth-order valence-electron chi connectivity index (χ4n) is 4.77. The van der Waals surface area contributed by atoms with Crippen LogP contribution < -0.4 is 4.90 Å². The Labute approximate surface area is 201 Å². The fourth-order valence-corrected chi connectivity index (χ4v) is 4.77. The molecule has 1 amide bonds. The van der Waals surface area contributed by atoms with Crippen LogP contribution in [0.5, 0.6) is 0 Å². The molecule has 0 spiro atoms. The summed E-state index contributed by atoms with van der Waals surface area (Å²) < 4.78 is 0. The first kappa shape index (κ1) is 25.3. The molecule has 5 heteroatoms. The molecule has 0 unspecified atom stereocenters. The second-order valence-corrected chi connectivity index (χ2v) is 9.37. The van der Waals surface area contributed by atoms with E-state index in [0.29, 0.717) is 6.04 Å². The summed E-state index contributed by atoms with van der Waals surface area (Å²) in [5, 5.41) is 0. The molecule has 0 radical (unpaired) electrons. The predicted molar refractivity (Wildman–Crippen MR) is 139 cm³/mol. The zero-order chi connectivity index (χ0) is 23.6. The number of anilines is 1. The summed E-state index contributed by atoms with van der Waals surface area (Å²) in [6.45, 7) is 11.1. The second kappa shape index (κ2) is 12.8. The molecule has 0 aliphatic carbocycles. The Hall–Kier alpha value is -2.37. The molecule has 0 saturated carbocycles. The van der Waals surface area contributed by atoms with Gasteiger partial charge in [0.1, 0.15) is 0 Å². The lowest BCUT2D eigenvalue weighted by atomic mass is 10.0. The lowest BCUT2D eigenvalue weighted by Gasteiger charge is -2.40. The molecule has 5 nitrogen and oxygen atoms in total. The van der Waals surface area contributed by atoms with E-state index in [4.69, 9.17) is 0 Å². The minimum Gasteiger partial charge on any atom is -0.364 e. The van der Waals surface area contributed by atoms with Crippen LogP contribution in [0.4, 0.5) is 5.69 Å². The number of likely N-dealkylation sites (tertiary alicyclic amines) is 1. The largest absolute Gasteiger partial charge is 0.364 e. The number of benzene rings is 2. The maximum Gasteiger partial charge on any atom is 0.253 e. The average molecular weight is 451 g/mol. The van der Waals surface area contributed by atoms with Crippen LogP contribution in [0.1, 0.15) is 49.0 Å². The van der Waals surface area contributed by atoms with Crippen LogP contribution in [-0.4, -0.2) is 80.0 Å². The van der Waals surface area contributed by atoms with Gasteiger partial charge in [0.25, 0.3) is 5.91 Å². The van der Waals surface area contributed by atoms with E-state index in [1.165, 1.54) is 37.1 Å². The average Bonchev–Trinajstić information content (AvgIpc) is 2.84. The fraction of sp³-hybridized carbons (Fsp3) is 0.536. The Balaban J connectivity index is 1.71. The quantitative estimate of drug-likeness (QED) is 0.501. The van der Waals surface area contributed by atoms with Gasteiger partial charge in [0.2, 0.25) is 0 Å². The summed E-state index contributed by atoms with van der Waals surface area (Å²) in [5.41, 5.74) is 3.31. The molecule has 0 bridgehead atoms. The standard InChI is InChI=1S/C28H42N4O/c1-5-31(6-2)28(33)25-13-15-26(16-14-25)32(23-24-11-8-7-9-12-24)27-17-21-30(22-18-27)20-10-19-29(3)4/h7-9,11-16,27H,5-6,10,17-23H2,1-4H3. The smallest absolute Gasteiger partial charge is 0.253 e. The summed E-state index contributed by atoms with van der Waals surface area (Å²) >= 11 is 0. The minimum atomic E-state index is 0.118. The highest BCUT2D eigenvalue weighted by atomic mass is 16.2. The van der Waals surface area contributed by atoms with E-state index in [9.17, 15) is 4.79 Å². The van der Waals surface area contributed by atoms with Crippen molar-refractivity contribution in [2.45, 2.75) is 45.7 Å². The summed E-state index contributed by atoms with van der Waals surface area (Å²) in [4.78, 5) is 22.1. The van der Waals surface area contributed by atoms with E-state index in [1.807, 2.05) is 30.9 Å². The normalized spacial score (nSPS) is 15.1. The van der Waals surface area contributed by atoms with Gasteiger partial charge in [0.05, 0.1) is 0 Å². The van der Waals surface area contributed by atoms with Crippen molar-refractivity contribution in [2.24, 2.45) is 0 Å². The number of amides is 1. The van der Waals surface area contributed by atoms with Gasteiger partial charge in [-0.05, 0) is 90.1 Å².